The monoisotopic (exact) mass is 262 g/mol. The predicted octanol–water partition coefficient (Wildman–Crippen LogP) is 2.45. The first kappa shape index (κ1) is 14.5. The van der Waals surface area contributed by atoms with Crippen LogP contribution in [0.2, 0.25) is 0 Å². The minimum Gasteiger partial charge on any atom is -0.375 e. The van der Waals surface area contributed by atoms with E-state index in [1.54, 1.807) is 7.11 Å². The highest BCUT2D eigenvalue weighted by atomic mass is 16.5. The lowest BCUT2D eigenvalue weighted by molar-refractivity contribution is 0.101. The maximum atomic E-state index is 5.55. The number of piperidine rings is 1. The van der Waals surface area contributed by atoms with E-state index in [1.165, 1.54) is 37.9 Å². The zero-order chi connectivity index (χ0) is 13.3. The molecule has 1 heterocycles. The minimum absolute atomic E-state index is 0.155. The third-order valence-corrected chi connectivity index (χ3v) is 3.84. The number of hydrogen-bond donors (Lipinski definition) is 1. The summed E-state index contributed by atoms with van der Waals surface area (Å²) in [5.74, 6) is 0. The standard InChI is InChI=1S/C16H26N2O/c1-19-16(15-8-4-2-5-9-15)14-17-10-13-18-11-6-3-7-12-18/h2,4-5,8-9,16-17H,3,6-7,10-14H2,1H3. The van der Waals surface area contributed by atoms with E-state index in [0.717, 1.165) is 19.6 Å². The van der Waals surface area contributed by atoms with E-state index >= 15 is 0 Å². The van der Waals surface area contributed by atoms with Crippen LogP contribution < -0.4 is 5.32 Å². The first-order valence-electron chi connectivity index (χ1n) is 7.41. The third kappa shape index (κ3) is 4.94. The van der Waals surface area contributed by atoms with Crippen LogP contribution in [0.4, 0.5) is 0 Å². The van der Waals surface area contributed by atoms with Crippen LogP contribution in [0.15, 0.2) is 30.3 Å². The highest BCUT2D eigenvalue weighted by Crippen LogP contribution is 2.14. The lowest BCUT2D eigenvalue weighted by atomic mass is 10.1. The summed E-state index contributed by atoms with van der Waals surface area (Å²) >= 11 is 0. The van der Waals surface area contributed by atoms with E-state index in [-0.39, 0.29) is 6.10 Å². The molecular weight excluding hydrogens is 236 g/mol. The zero-order valence-corrected chi connectivity index (χ0v) is 12.0. The molecule has 0 aromatic heterocycles. The summed E-state index contributed by atoms with van der Waals surface area (Å²) in [5.41, 5.74) is 1.25. The van der Waals surface area contributed by atoms with Gasteiger partial charge in [-0.3, -0.25) is 0 Å². The smallest absolute Gasteiger partial charge is 0.0945 e. The van der Waals surface area contributed by atoms with Crippen molar-refractivity contribution in [2.45, 2.75) is 25.4 Å². The van der Waals surface area contributed by atoms with Crippen LogP contribution in [0.25, 0.3) is 0 Å². The van der Waals surface area contributed by atoms with Crippen LogP contribution in [0.3, 0.4) is 0 Å². The van der Waals surface area contributed by atoms with Gasteiger partial charge in [0.1, 0.15) is 0 Å². The zero-order valence-electron chi connectivity index (χ0n) is 12.0. The minimum atomic E-state index is 0.155. The lowest BCUT2D eigenvalue weighted by Crippen LogP contribution is -2.37. The lowest BCUT2D eigenvalue weighted by Gasteiger charge is -2.26. The number of rotatable bonds is 7. The Kier molecular flexibility index (Phi) is 6.34. The van der Waals surface area contributed by atoms with Gasteiger partial charge in [0.15, 0.2) is 0 Å². The molecular formula is C16H26N2O. The topological polar surface area (TPSA) is 24.5 Å². The van der Waals surface area contributed by atoms with Crippen molar-refractivity contribution in [2.24, 2.45) is 0 Å². The fourth-order valence-corrected chi connectivity index (χ4v) is 2.66. The SMILES string of the molecule is COC(CNCCN1CCCCC1)c1ccccc1. The summed E-state index contributed by atoms with van der Waals surface area (Å²) in [7, 11) is 1.78. The highest BCUT2D eigenvalue weighted by molar-refractivity contribution is 5.17. The second-order valence-corrected chi connectivity index (χ2v) is 5.24. The van der Waals surface area contributed by atoms with Crippen molar-refractivity contribution in [1.82, 2.24) is 10.2 Å². The highest BCUT2D eigenvalue weighted by Gasteiger charge is 2.11. The van der Waals surface area contributed by atoms with Gasteiger partial charge in [0.05, 0.1) is 6.10 Å². The number of hydrogen-bond acceptors (Lipinski definition) is 3. The van der Waals surface area contributed by atoms with Crippen LogP contribution >= 0.6 is 0 Å². The van der Waals surface area contributed by atoms with Gasteiger partial charge < -0.3 is 15.0 Å². The van der Waals surface area contributed by atoms with E-state index in [1.807, 2.05) is 6.07 Å². The molecule has 0 bridgehead atoms. The quantitative estimate of drug-likeness (QED) is 0.764. The number of ether oxygens (including phenoxy) is 1. The second-order valence-electron chi connectivity index (χ2n) is 5.24. The maximum absolute atomic E-state index is 5.55. The van der Waals surface area contributed by atoms with Gasteiger partial charge in [0.25, 0.3) is 0 Å². The van der Waals surface area contributed by atoms with Crippen molar-refractivity contribution >= 4 is 0 Å². The molecule has 1 aliphatic rings. The molecule has 1 N–H and O–H groups in total. The fourth-order valence-electron chi connectivity index (χ4n) is 2.66. The molecule has 106 valence electrons. The third-order valence-electron chi connectivity index (χ3n) is 3.84. The van der Waals surface area contributed by atoms with Crippen molar-refractivity contribution in [3.8, 4) is 0 Å². The van der Waals surface area contributed by atoms with Gasteiger partial charge in [0, 0.05) is 26.7 Å². The first-order valence-corrected chi connectivity index (χ1v) is 7.41. The van der Waals surface area contributed by atoms with E-state index < -0.39 is 0 Å². The van der Waals surface area contributed by atoms with Crippen LogP contribution in [0, 0.1) is 0 Å². The van der Waals surface area contributed by atoms with E-state index in [2.05, 4.69) is 34.5 Å². The van der Waals surface area contributed by atoms with Gasteiger partial charge >= 0.3 is 0 Å². The Bertz CT molecular complexity index is 336. The Hall–Kier alpha value is -0.900. The molecule has 0 radical (unpaired) electrons. The largest absolute Gasteiger partial charge is 0.375 e. The average molecular weight is 262 g/mol. The molecule has 0 amide bonds. The molecule has 3 nitrogen and oxygen atoms in total. The molecule has 1 saturated heterocycles. The molecule has 0 aliphatic carbocycles. The van der Waals surface area contributed by atoms with E-state index in [0.29, 0.717) is 0 Å². The average Bonchev–Trinajstić information content (AvgIpc) is 2.49. The normalized spacial score (nSPS) is 18.4. The summed E-state index contributed by atoms with van der Waals surface area (Å²) in [6.07, 6.45) is 4.29. The molecule has 0 saturated carbocycles. The fraction of sp³-hybridized carbons (Fsp3) is 0.625. The number of benzene rings is 1. The van der Waals surface area contributed by atoms with Gasteiger partial charge in [-0.25, -0.2) is 0 Å². The van der Waals surface area contributed by atoms with Gasteiger partial charge in [-0.05, 0) is 31.5 Å². The van der Waals surface area contributed by atoms with E-state index in [4.69, 9.17) is 4.74 Å². The van der Waals surface area contributed by atoms with Gasteiger partial charge in [-0.2, -0.15) is 0 Å². The molecule has 1 aromatic rings. The molecule has 1 unspecified atom stereocenters. The van der Waals surface area contributed by atoms with Crippen LogP contribution in [0.5, 0.6) is 0 Å². The Morgan fingerprint density at radius 2 is 1.89 bits per heavy atom. The molecule has 19 heavy (non-hydrogen) atoms. The Balaban J connectivity index is 1.66. The molecule has 0 spiro atoms. The van der Waals surface area contributed by atoms with Crippen LogP contribution in [-0.2, 0) is 4.74 Å². The summed E-state index contributed by atoms with van der Waals surface area (Å²) in [6.45, 7) is 5.63. The summed E-state index contributed by atoms with van der Waals surface area (Å²) in [4.78, 5) is 2.56. The Morgan fingerprint density at radius 1 is 1.16 bits per heavy atom. The number of nitrogens with one attached hydrogen (secondary N) is 1. The summed E-state index contributed by atoms with van der Waals surface area (Å²) in [6, 6.07) is 10.4. The van der Waals surface area contributed by atoms with E-state index in [9.17, 15) is 0 Å². The van der Waals surface area contributed by atoms with Crippen LogP contribution in [-0.4, -0.2) is 44.7 Å². The molecule has 1 aliphatic heterocycles. The van der Waals surface area contributed by atoms with Crippen molar-refractivity contribution in [2.75, 3.05) is 39.8 Å². The first-order chi connectivity index (χ1) is 9.40. The van der Waals surface area contributed by atoms with Crippen LogP contribution in [0.1, 0.15) is 30.9 Å². The number of methoxy groups -OCH3 is 1. The summed E-state index contributed by atoms with van der Waals surface area (Å²) < 4.78 is 5.55. The summed E-state index contributed by atoms with van der Waals surface area (Å²) in [5, 5.41) is 3.52. The van der Waals surface area contributed by atoms with Gasteiger partial charge in [0.2, 0.25) is 0 Å². The Morgan fingerprint density at radius 3 is 2.58 bits per heavy atom. The van der Waals surface area contributed by atoms with Gasteiger partial charge in [-0.1, -0.05) is 36.8 Å². The predicted molar refractivity (Wildman–Crippen MR) is 79.4 cm³/mol. The molecule has 2 rings (SSSR count). The maximum Gasteiger partial charge on any atom is 0.0945 e. The molecule has 1 fully saturated rings. The molecule has 3 heteroatoms. The van der Waals surface area contributed by atoms with Crippen molar-refractivity contribution < 1.29 is 4.74 Å². The van der Waals surface area contributed by atoms with Crippen molar-refractivity contribution in [3.63, 3.8) is 0 Å². The molecule has 1 atom stereocenters. The van der Waals surface area contributed by atoms with Crippen molar-refractivity contribution in [3.05, 3.63) is 35.9 Å². The molecule has 1 aromatic carbocycles. The second kappa shape index (κ2) is 8.31. The number of likely N-dealkylation sites (tertiary alicyclic amines) is 1. The van der Waals surface area contributed by atoms with Crippen molar-refractivity contribution in [1.29, 1.82) is 0 Å². The number of nitrogens with zero attached hydrogens (tertiary/aromatic N) is 1. The van der Waals surface area contributed by atoms with Gasteiger partial charge in [-0.15, -0.1) is 0 Å². The Labute approximate surface area is 116 Å².